The highest BCUT2D eigenvalue weighted by Crippen LogP contribution is 2.33. The molecule has 3 amide bonds. The summed E-state index contributed by atoms with van der Waals surface area (Å²) < 4.78 is 2.89. The van der Waals surface area contributed by atoms with E-state index in [4.69, 9.17) is 0 Å². The zero-order chi connectivity index (χ0) is 20.4. The first-order chi connectivity index (χ1) is 14.0. The monoisotopic (exact) mass is 473 g/mol. The molecule has 29 heavy (non-hydrogen) atoms. The molecule has 4 rings (SSSR count). The fourth-order valence-electron chi connectivity index (χ4n) is 3.52. The van der Waals surface area contributed by atoms with Crippen molar-refractivity contribution in [3.63, 3.8) is 0 Å². The number of likely N-dealkylation sites (tertiary alicyclic amines) is 1. The van der Waals surface area contributed by atoms with Crippen LogP contribution in [0, 0.1) is 0 Å². The molecule has 2 saturated heterocycles. The lowest BCUT2D eigenvalue weighted by Crippen LogP contribution is -2.44. The van der Waals surface area contributed by atoms with Gasteiger partial charge in [-0.3, -0.25) is 19.3 Å². The number of benzene rings is 1. The molecule has 2 aliphatic heterocycles. The lowest BCUT2D eigenvalue weighted by Gasteiger charge is -2.27. The van der Waals surface area contributed by atoms with Gasteiger partial charge in [0.05, 0.1) is 4.91 Å². The van der Waals surface area contributed by atoms with Crippen LogP contribution in [0.3, 0.4) is 0 Å². The minimum Gasteiger partial charge on any atom is -0.341 e. The molecule has 0 aliphatic carbocycles. The first kappa shape index (κ1) is 20.0. The van der Waals surface area contributed by atoms with Crippen molar-refractivity contribution >= 4 is 50.8 Å². The second-order valence-electron chi connectivity index (χ2n) is 6.99. The lowest BCUT2D eigenvalue weighted by molar-refractivity contribution is -0.136. The van der Waals surface area contributed by atoms with Crippen LogP contribution in [0.1, 0.15) is 25.0 Å². The Balaban J connectivity index is 1.53. The van der Waals surface area contributed by atoms with Crippen LogP contribution in [-0.4, -0.2) is 51.1 Å². The summed E-state index contributed by atoms with van der Waals surface area (Å²) in [4.78, 5) is 40.8. The van der Waals surface area contributed by atoms with E-state index in [0.717, 1.165) is 51.8 Å². The topological polar surface area (TPSA) is 62.6 Å². The van der Waals surface area contributed by atoms with E-state index < -0.39 is 11.1 Å². The molecule has 8 heteroatoms. The maximum Gasteiger partial charge on any atom is 0.294 e. The van der Waals surface area contributed by atoms with Crippen LogP contribution in [0.2, 0.25) is 0 Å². The molecule has 150 valence electrons. The van der Waals surface area contributed by atoms with Crippen LogP contribution >= 0.6 is 27.7 Å². The summed E-state index contributed by atoms with van der Waals surface area (Å²) in [7, 11) is 0. The highest BCUT2D eigenvalue weighted by molar-refractivity contribution is 9.10. The number of hydrogen-bond acceptors (Lipinski definition) is 4. The Bertz CT molecular complexity index is 995. The third-order valence-electron chi connectivity index (χ3n) is 5.02. The summed E-state index contributed by atoms with van der Waals surface area (Å²) >= 11 is 4.35. The second-order valence-corrected chi connectivity index (χ2v) is 8.90. The van der Waals surface area contributed by atoms with Gasteiger partial charge in [-0.1, -0.05) is 22.0 Å². The Kier molecular flexibility index (Phi) is 5.91. The van der Waals surface area contributed by atoms with Crippen LogP contribution in [0.15, 0.2) is 52.0 Å². The van der Waals surface area contributed by atoms with Crippen molar-refractivity contribution in [1.29, 1.82) is 0 Å². The van der Waals surface area contributed by atoms with Gasteiger partial charge in [0.2, 0.25) is 5.91 Å². The molecule has 0 N–H and O–H groups in total. The molecule has 1 aromatic heterocycles. The number of amides is 3. The Morgan fingerprint density at radius 2 is 1.90 bits per heavy atom. The largest absolute Gasteiger partial charge is 0.341 e. The smallest absolute Gasteiger partial charge is 0.294 e. The van der Waals surface area contributed by atoms with Gasteiger partial charge < -0.3 is 9.47 Å². The Hall–Kier alpha value is -2.32. The van der Waals surface area contributed by atoms with Gasteiger partial charge in [0, 0.05) is 35.1 Å². The number of piperidine rings is 1. The number of rotatable bonds is 4. The fraction of sp³-hybridized carbons (Fsp3) is 0.286. The number of carbonyl (C=O) groups excluding carboxylic acids is 3. The molecule has 2 aromatic rings. The van der Waals surface area contributed by atoms with E-state index in [9.17, 15) is 14.4 Å². The van der Waals surface area contributed by atoms with Crippen molar-refractivity contribution in [2.45, 2.75) is 19.3 Å². The van der Waals surface area contributed by atoms with E-state index >= 15 is 0 Å². The molecular weight excluding hydrogens is 454 g/mol. The van der Waals surface area contributed by atoms with E-state index in [1.807, 2.05) is 47.2 Å². The Labute approximate surface area is 181 Å². The van der Waals surface area contributed by atoms with Crippen LogP contribution in [-0.2, 0) is 9.59 Å². The molecule has 0 bridgehead atoms. The summed E-state index contributed by atoms with van der Waals surface area (Å²) in [6, 6.07) is 11.6. The third kappa shape index (κ3) is 4.33. The van der Waals surface area contributed by atoms with Gasteiger partial charge in [0.25, 0.3) is 11.1 Å². The Morgan fingerprint density at radius 1 is 1.10 bits per heavy atom. The van der Waals surface area contributed by atoms with Gasteiger partial charge in [-0.05, 0) is 67.4 Å². The van der Waals surface area contributed by atoms with Crippen LogP contribution in [0.4, 0.5) is 4.79 Å². The van der Waals surface area contributed by atoms with Gasteiger partial charge >= 0.3 is 0 Å². The summed E-state index contributed by atoms with van der Waals surface area (Å²) in [5.41, 5.74) is 1.73. The zero-order valence-corrected chi connectivity index (χ0v) is 18.1. The van der Waals surface area contributed by atoms with Gasteiger partial charge in [-0.15, -0.1) is 0 Å². The van der Waals surface area contributed by atoms with Crippen LogP contribution < -0.4 is 0 Å². The standard InChI is InChI=1S/C21H20BrN3O3S/c22-15-6-4-7-16(12-15)24-11-5-8-17(24)13-18-20(27)25(21(28)29-18)14-19(26)23-9-2-1-3-10-23/h4-8,11-13H,1-3,9-10,14H2/b18-13-. The molecule has 3 heterocycles. The quantitative estimate of drug-likeness (QED) is 0.621. The lowest BCUT2D eigenvalue weighted by atomic mass is 10.1. The molecule has 1 aromatic carbocycles. The van der Waals surface area contributed by atoms with Crippen molar-refractivity contribution in [1.82, 2.24) is 14.4 Å². The number of hydrogen-bond donors (Lipinski definition) is 0. The van der Waals surface area contributed by atoms with E-state index in [-0.39, 0.29) is 12.5 Å². The van der Waals surface area contributed by atoms with Gasteiger partial charge in [0.1, 0.15) is 6.54 Å². The highest BCUT2D eigenvalue weighted by atomic mass is 79.9. The number of aromatic nitrogens is 1. The molecule has 0 unspecified atom stereocenters. The second kappa shape index (κ2) is 8.59. The highest BCUT2D eigenvalue weighted by Gasteiger charge is 2.37. The summed E-state index contributed by atoms with van der Waals surface area (Å²) in [6.45, 7) is 1.21. The average molecular weight is 474 g/mol. The van der Waals surface area contributed by atoms with Crippen LogP contribution in [0.5, 0.6) is 0 Å². The summed E-state index contributed by atoms with van der Waals surface area (Å²) in [5, 5.41) is -0.396. The average Bonchev–Trinajstić information content (AvgIpc) is 3.29. The minimum absolute atomic E-state index is 0.161. The molecule has 0 saturated carbocycles. The number of carbonyl (C=O) groups is 3. The number of nitrogens with zero attached hydrogens (tertiary/aromatic N) is 3. The van der Waals surface area contributed by atoms with Crippen molar-refractivity contribution < 1.29 is 14.4 Å². The van der Waals surface area contributed by atoms with Crippen LogP contribution in [0.25, 0.3) is 11.8 Å². The Morgan fingerprint density at radius 3 is 2.66 bits per heavy atom. The maximum atomic E-state index is 12.8. The molecule has 0 radical (unpaired) electrons. The molecule has 6 nitrogen and oxygen atoms in total. The van der Waals surface area contributed by atoms with E-state index in [1.165, 1.54) is 0 Å². The van der Waals surface area contributed by atoms with Crippen molar-refractivity contribution in [3.8, 4) is 5.69 Å². The van der Waals surface area contributed by atoms with Gasteiger partial charge in [0.15, 0.2) is 0 Å². The normalized spacial score (nSPS) is 18.7. The fourth-order valence-corrected chi connectivity index (χ4v) is 4.73. The molecule has 2 aliphatic rings. The maximum absolute atomic E-state index is 12.8. The van der Waals surface area contributed by atoms with Gasteiger partial charge in [-0.2, -0.15) is 0 Å². The van der Waals surface area contributed by atoms with E-state index in [2.05, 4.69) is 15.9 Å². The predicted molar refractivity (Wildman–Crippen MR) is 117 cm³/mol. The summed E-state index contributed by atoms with van der Waals surface area (Å²) in [6.07, 6.45) is 6.67. The third-order valence-corrected chi connectivity index (χ3v) is 6.42. The molecule has 0 atom stereocenters. The predicted octanol–water partition coefficient (Wildman–Crippen LogP) is 4.29. The molecule has 2 fully saturated rings. The SMILES string of the molecule is O=C(CN1C(=O)S/C(=C\c2cccn2-c2cccc(Br)c2)C1=O)N1CCCCC1. The van der Waals surface area contributed by atoms with Gasteiger partial charge in [-0.25, -0.2) is 0 Å². The number of halogens is 1. The zero-order valence-electron chi connectivity index (χ0n) is 15.7. The summed E-state index contributed by atoms with van der Waals surface area (Å²) in [5.74, 6) is -0.571. The number of thioether (sulfide) groups is 1. The first-order valence-electron chi connectivity index (χ1n) is 9.49. The van der Waals surface area contributed by atoms with E-state index in [1.54, 1.807) is 11.0 Å². The molecular formula is C21H20BrN3O3S. The molecule has 0 spiro atoms. The van der Waals surface area contributed by atoms with Crippen molar-refractivity contribution in [2.75, 3.05) is 19.6 Å². The number of imide groups is 1. The van der Waals surface area contributed by atoms with Crippen molar-refractivity contribution in [2.24, 2.45) is 0 Å². The first-order valence-corrected chi connectivity index (χ1v) is 11.1. The van der Waals surface area contributed by atoms with Crippen molar-refractivity contribution in [3.05, 3.63) is 57.7 Å². The van der Waals surface area contributed by atoms with E-state index in [0.29, 0.717) is 18.0 Å². The minimum atomic E-state index is -0.410.